The van der Waals surface area contributed by atoms with Crippen molar-refractivity contribution in [2.45, 2.75) is 31.8 Å². The molecule has 0 aromatic heterocycles. The Morgan fingerprint density at radius 1 is 1.15 bits per heavy atom. The largest absolute Gasteiger partial charge is 0.497 e. The Labute approximate surface area is 156 Å². The molecule has 0 saturated carbocycles. The molecule has 6 nitrogen and oxygen atoms in total. The van der Waals surface area contributed by atoms with Gasteiger partial charge in [-0.15, -0.1) is 0 Å². The molecule has 1 aromatic rings. The number of amides is 1. The van der Waals surface area contributed by atoms with Gasteiger partial charge in [0, 0.05) is 57.4 Å². The lowest BCUT2D eigenvalue weighted by molar-refractivity contribution is -0.142. The summed E-state index contributed by atoms with van der Waals surface area (Å²) in [4.78, 5) is 16.8. The van der Waals surface area contributed by atoms with E-state index in [2.05, 4.69) is 15.9 Å². The van der Waals surface area contributed by atoms with Crippen molar-refractivity contribution in [3.63, 3.8) is 0 Å². The van der Waals surface area contributed by atoms with Gasteiger partial charge in [0.15, 0.2) is 0 Å². The third-order valence-corrected chi connectivity index (χ3v) is 5.65. The molecule has 26 heavy (non-hydrogen) atoms. The van der Waals surface area contributed by atoms with Gasteiger partial charge in [-0.3, -0.25) is 9.69 Å². The van der Waals surface area contributed by atoms with Crippen LogP contribution in [0, 0.1) is 5.92 Å². The van der Waals surface area contributed by atoms with E-state index in [0.717, 1.165) is 44.0 Å². The van der Waals surface area contributed by atoms with Crippen molar-refractivity contribution in [2.24, 2.45) is 5.92 Å². The Morgan fingerprint density at radius 3 is 2.73 bits per heavy atom. The molecule has 1 amide bonds. The van der Waals surface area contributed by atoms with Gasteiger partial charge in [-0.25, -0.2) is 0 Å². The molecule has 3 rings (SSSR count). The summed E-state index contributed by atoms with van der Waals surface area (Å²) in [6.07, 6.45) is 2.67. The summed E-state index contributed by atoms with van der Waals surface area (Å²) < 4.78 is 16.0. The molecule has 0 bridgehead atoms. The van der Waals surface area contributed by atoms with Crippen LogP contribution in [0.3, 0.4) is 0 Å². The number of methoxy groups -OCH3 is 3. The van der Waals surface area contributed by atoms with E-state index in [0.29, 0.717) is 31.5 Å². The van der Waals surface area contributed by atoms with Gasteiger partial charge in [-0.05, 0) is 24.8 Å². The topological polar surface area (TPSA) is 51.2 Å². The van der Waals surface area contributed by atoms with Gasteiger partial charge in [0.25, 0.3) is 0 Å². The summed E-state index contributed by atoms with van der Waals surface area (Å²) in [5.74, 6) is 2.51. The minimum atomic E-state index is 0.286. The zero-order valence-electron chi connectivity index (χ0n) is 16.1. The molecule has 2 saturated heterocycles. The van der Waals surface area contributed by atoms with Crippen LogP contribution in [0.1, 0.15) is 24.8 Å². The van der Waals surface area contributed by atoms with Crippen LogP contribution in [0.25, 0.3) is 0 Å². The third kappa shape index (κ3) is 4.13. The zero-order chi connectivity index (χ0) is 18.5. The highest BCUT2D eigenvalue weighted by Crippen LogP contribution is 2.33. The number of hydrogen-bond donors (Lipinski definition) is 0. The molecule has 144 valence electrons. The molecule has 0 spiro atoms. The van der Waals surface area contributed by atoms with Crippen molar-refractivity contribution in [2.75, 3.05) is 47.6 Å². The second-order valence-electron chi connectivity index (χ2n) is 7.15. The second-order valence-corrected chi connectivity index (χ2v) is 7.15. The minimum absolute atomic E-state index is 0.286. The first-order valence-electron chi connectivity index (χ1n) is 9.38. The monoisotopic (exact) mass is 362 g/mol. The first-order chi connectivity index (χ1) is 12.7. The van der Waals surface area contributed by atoms with Crippen molar-refractivity contribution >= 4 is 5.91 Å². The summed E-state index contributed by atoms with van der Waals surface area (Å²) >= 11 is 0. The van der Waals surface area contributed by atoms with Crippen LogP contribution in [-0.4, -0.2) is 69.3 Å². The molecule has 2 heterocycles. The van der Waals surface area contributed by atoms with E-state index >= 15 is 0 Å². The van der Waals surface area contributed by atoms with Crippen molar-refractivity contribution in [3.8, 4) is 11.5 Å². The van der Waals surface area contributed by atoms with E-state index in [1.54, 1.807) is 21.3 Å². The van der Waals surface area contributed by atoms with E-state index in [4.69, 9.17) is 14.2 Å². The fourth-order valence-corrected chi connectivity index (χ4v) is 4.27. The Morgan fingerprint density at radius 2 is 2.00 bits per heavy atom. The fourth-order valence-electron chi connectivity index (χ4n) is 4.27. The molecule has 0 N–H and O–H groups in total. The maximum atomic E-state index is 12.3. The summed E-state index contributed by atoms with van der Waals surface area (Å²) in [7, 11) is 5.06. The van der Waals surface area contributed by atoms with Gasteiger partial charge in [-0.1, -0.05) is 6.07 Å². The number of fused-ring (bicyclic) bond motifs is 1. The number of hydrogen-bond acceptors (Lipinski definition) is 5. The van der Waals surface area contributed by atoms with E-state index < -0.39 is 0 Å². The minimum Gasteiger partial charge on any atom is -0.497 e. The lowest BCUT2D eigenvalue weighted by Crippen LogP contribution is -2.56. The predicted molar refractivity (Wildman–Crippen MR) is 99.5 cm³/mol. The van der Waals surface area contributed by atoms with E-state index in [1.165, 1.54) is 5.56 Å². The fraction of sp³-hybridized carbons (Fsp3) is 0.650. The van der Waals surface area contributed by atoms with E-state index in [-0.39, 0.29) is 5.91 Å². The summed E-state index contributed by atoms with van der Waals surface area (Å²) in [6, 6.07) is 6.36. The molecule has 0 unspecified atom stereocenters. The van der Waals surface area contributed by atoms with Crippen molar-refractivity contribution in [1.29, 1.82) is 0 Å². The first-order valence-corrected chi connectivity index (χ1v) is 9.38. The second kappa shape index (κ2) is 8.73. The molecule has 2 aliphatic heterocycles. The van der Waals surface area contributed by atoms with E-state index in [1.807, 2.05) is 12.1 Å². The number of piperidine rings is 2. The molecule has 2 fully saturated rings. The molecule has 0 radical (unpaired) electrons. The smallest absolute Gasteiger partial charge is 0.222 e. The van der Waals surface area contributed by atoms with Crippen LogP contribution in [-0.2, 0) is 16.1 Å². The molecular weight excluding hydrogens is 332 g/mol. The summed E-state index contributed by atoms with van der Waals surface area (Å²) in [6.45, 7) is 4.21. The van der Waals surface area contributed by atoms with E-state index in [9.17, 15) is 4.79 Å². The predicted octanol–water partition coefficient (Wildman–Crippen LogP) is 2.16. The van der Waals surface area contributed by atoms with Gasteiger partial charge in [0.1, 0.15) is 11.5 Å². The van der Waals surface area contributed by atoms with Crippen molar-refractivity contribution < 1.29 is 19.0 Å². The van der Waals surface area contributed by atoms with Crippen LogP contribution in [0.2, 0.25) is 0 Å². The number of nitrogens with zero attached hydrogens (tertiary/aromatic N) is 2. The standard InChI is InChI=1S/C20H30N2O4/c1-24-11-10-22-18-8-9-21(13-15(18)5-7-20(22)23)14-16-4-6-17(25-2)12-19(16)26-3/h4,6,12,15,18H,5,7-11,13-14H2,1-3H3/t15-,18+/m1/s1. The quantitative estimate of drug-likeness (QED) is 0.744. The van der Waals surface area contributed by atoms with Crippen LogP contribution in [0.4, 0.5) is 0 Å². The first kappa shape index (κ1) is 19.0. The van der Waals surface area contributed by atoms with Crippen LogP contribution in [0.5, 0.6) is 11.5 Å². The average Bonchev–Trinajstić information content (AvgIpc) is 2.67. The van der Waals surface area contributed by atoms with Crippen LogP contribution < -0.4 is 9.47 Å². The van der Waals surface area contributed by atoms with Gasteiger partial charge >= 0.3 is 0 Å². The number of benzene rings is 1. The average molecular weight is 362 g/mol. The van der Waals surface area contributed by atoms with Crippen LogP contribution in [0.15, 0.2) is 18.2 Å². The molecular formula is C20H30N2O4. The maximum absolute atomic E-state index is 12.3. The Kier molecular flexibility index (Phi) is 6.38. The molecule has 1 aromatic carbocycles. The number of carbonyl (C=O) groups is 1. The zero-order valence-corrected chi connectivity index (χ0v) is 16.1. The number of carbonyl (C=O) groups excluding carboxylic acids is 1. The molecule has 2 atom stereocenters. The normalized spacial score (nSPS) is 23.7. The van der Waals surface area contributed by atoms with Gasteiger partial charge in [0.2, 0.25) is 5.91 Å². The number of likely N-dealkylation sites (tertiary alicyclic amines) is 2. The maximum Gasteiger partial charge on any atom is 0.222 e. The van der Waals surface area contributed by atoms with Crippen LogP contribution >= 0.6 is 0 Å². The van der Waals surface area contributed by atoms with Crippen molar-refractivity contribution in [1.82, 2.24) is 9.80 Å². The lowest BCUT2D eigenvalue weighted by Gasteiger charge is -2.47. The lowest BCUT2D eigenvalue weighted by atomic mass is 9.83. The SMILES string of the molecule is COCCN1C(=O)CC[C@@H]2CN(Cc3ccc(OC)cc3OC)CC[C@@H]21. The molecule has 0 aliphatic carbocycles. The number of rotatable bonds is 7. The molecule has 2 aliphatic rings. The highest BCUT2D eigenvalue weighted by molar-refractivity contribution is 5.77. The van der Waals surface area contributed by atoms with Gasteiger partial charge in [0.05, 0.1) is 20.8 Å². The highest BCUT2D eigenvalue weighted by Gasteiger charge is 2.39. The van der Waals surface area contributed by atoms with Gasteiger partial charge < -0.3 is 19.1 Å². The van der Waals surface area contributed by atoms with Crippen molar-refractivity contribution in [3.05, 3.63) is 23.8 Å². The Balaban J connectivity index is 1.64. The highest BCUT2D eigenvalue weighted by atomic mass is 16.5. The summed E-state index contributed by atoms with van der Waals surface area (Å²) in [5.41, 5.74) is 1.18. The van der Waals surface area contributed by atoms with Gasteiger partial charge in [-0.2, -0.15) is 0 Å². The number of ether oxygens (including phenoxy) is 3. The Bertz CT molecular complexity index is 622. The Hall–Kier alpha value is -1.79. The third-order valence-electron chi connectivity index (χ3n) is 5.65. The summed E-state index contributed by atoms with van der Waals surface area (Å²) in [5, 5.41) is 0. The molecule has 6 heteroatoms.